The normalized spacial score (nSPS) is 9.77. The molecule has 0 saturated heterocycles. The van der Waals surface area contributed by atoms with Gasteiger partial charge in [-0.3, -0.25) is 24.2 Å². The third-order valence-corrected chi connectivity index (χ3v) is 6.08. The summed E-state index contributed by atoms with van der Waals surface area (Å²) >= 11 is 0. The Morgan fingerprint density at radius 3 is 1.21 bits per heavy atom. The van der Waals surface area contributed by atoms with Gasteiger partial charge in [-0.15, -0.1) is 0 Å². The van der Waals surface area contributed by atoms with Crippen molar-refractivity contribution < 1.29 is 24.0 Å². The molecule has 0 aliphatic heterocycles. The molecule has 2 rings (SSSR count). The molecule has 0 bridgehead atoms. The van der Waals surface area contributed by atoms with Crippen molar-refractivity contribution in [3.63, 3.8) is 0 Å². The Kier molecular flexibility index (Phi) is 15.1. The van der Waals surface area contributed by atoms with Crippen LogP contribution < -0.4 is 5.84 Å². The number of nitrogens with two attached hydrogens (primary N) is 1. The molecule has 0 aromatic heterocycles. The van der Waals surface area contributed by atoms with E-state index in [4.69, 9.17) is 10.6 Å². The Bertz CT molecular complexity index is 1150. The van der Waals surface area contributed by atoms with E-state index in [1.54, 1.807) is 0 Å². The fourth-order valence-corrected chi connectivity index (χ4v) is 4.17. The molecule has 0 aliphatic carbocycles. The molecule has 0 spiro atoms. The first-order valence-electron chi connectivity index (χ1n) is 12.8. The highest BCUT2D eigenvalue weighted by Gasteiger charge is 2.25. The first-order valence-corrected chi connectivity index (χ1v) is 12.8. The molecule has 2 aromatic rings. The lowest BCUT2D eigenvalue weighted by Crippen LogP contribution is -2.39. The fourth-order valence-electron chi connectivity index (χ4n) is 4.17. The van der Waals surface area contributed by atoms with E-state index in [-0.39, 0.29) is 0 Å². The molecule has 2 amide bonds. The number of hydrazone groups is 1. The van der Waals surface area contributed by atoms with Gasteiger partial charge in [0.25, 0.3) is 11.6 Å². The summed E-state index contributed by atoms with van der Waals surface area (Å²) in [5.41, 5.74) is 6.89. The van der Waals surface area contributed by atoms with Crippen LogP contribution in [0.3, 0.4) is 0 Å². The quantitative estimate of drug-likeness (QED) is 0.129. The molecule has 0 aliphatic rings. The minimum absolute atomic E-state index is 0.511. The molecule has 9 heteroatoms. The molecular formula is C30H42N4O5. The van der Waals surface area contributed by atoms with Crippen molar-refractivity contribution in [3.05, 3.63) is 68.8 Å². The monoisotopic (exact) mass is 538 g/mol. The topological polar surface area (TPSA) is 130 Å². The van der Waals surface area contributed by atoms with E-state index in [1.165, 1.54) is 14.1 Å². The number of ketones is 2. The van der Waals surface area contributed by atoms with Gasteiger partial charge in [-0.1, -0.05) is 63.1 Å². The van der Waals surface area contributed by atoms with Crippen molar-refractivity contribution in [1.29, 1.82) is 0 Å². The van der Waals surface area contributed by atoms with Gasteiger partial charge < -0.3 is 4.79 Å². The lowest BCUT2D eigenvalue weighted by Gasteiger charge is -2.15. The van der Waals surface area contributed by atoms with E-state index in [1.807, 2.05) is 72.6 Å². The van der Waals surface area contributed by atoms with Crippen molar-refractivity contribution in [1.82, 2.24) is 10.0 Å². The van der Waals surface area contributed by atoms with Gasteiger partial charge in [-0.05, 0) is 61.8 Å². The molecule has 0 atom stereocenters. The second kappa shape index (κ2) is 16.8. The van der Waals surface area contributed by atoms with Crippen molar-refractivity contribution in [3.8, 4) is 0 Å². The fraction of sp³-hybridized carbons (Fsp3) is 0.400. The SMILES string of the molecule is C=NN(C)C(=O)C(=O)c1c(CC)cc(C)cc1CC.C=O.CCc1cc(C)cc(CC)c1C(=O)C(=O)N(C)N. The first kappa shape index (κ1) is 35.0. The van der Waals surface area contributed by atoms with E-state index in [9.17, 15) is 19.2 Å². The second-order valence-corrected chi connectivity index (χ2v) is 8.88. The zero-order valence-corrected chi connectivity index (χ0v) is 24.5. The van der Waals surface area contributed by atoms with Gasteiger partial charge in [0.05, 0.1) is 0 Å². The van der Waals surface area contributed by atoms with Crippen LogP contribution in [-0.2, 0) is 40.1 Å². The van der Waals surface area contributed by atoms with Crippen LogP contribution in [-0.4, -0.2) is 61.0 Å². The van der Waals surface area contributed by atoms with Crippen LogP contribution in [0.4, 0.5) is 0 Å². The van der Waals surface area contributed by atoms with Crippen molar-refractivity contribution in [2.45, 2.75) is 67.2 Å². The van der Waals surface area contributed by atoms with E-state index in [0.717, 1.165) is 56.2 Å². The Balaban J connectivity index is 0.000000697. The predicted molar refractivity (Wildman–Crippen MR) is 155 cm³/mol. The first-order chi connectivity index (χ1) is 18.4. The smallest absolute Gasteiger partial charge is 0.307 e. The highest BCUT2D eigenvalue weighted by atomic mass is 16.2. The number of carbonyl (C=O) groups is 5. The lowest BCUT2D eigenvalue weighted by molar-refractivity contribution is -0.125. The number of likely N-dealkylation sites (N-methyl/N-ethyl adjacent to an activating group) is 2. The summed E-state index contributed by atoms with van der Waals surface area (Å²) in [4.78, 5) is 56.2. The zero-order valence-electron chi connectivity index (χ0n) is 24.5. The predicted octanol–water partition coefficient (Wildman–Crippen LogP) is 3.83. The molecule has 39 heavy (non-hydrogen) atoms. The third-order valence-electron chi connectivity index (χ3n) is 6.08. The van der Waals surface area contributed by atoms with Crippen LogP contribution in [0.25, 0.3) is 0 Å². The molecule has 0 unspecified atom stereocenters. The van der Waals surface area contributed by atoms with Crippen molar-refractivity contribution in [2.75, 3.05) is 14.1 Å². The Hall–Kier alpha value is -3.98. The molecular weight excluding hydrogens is 496 g/mol. The number of hydrogen-bond acceptors (Lipinski definition) is 7. The summed E-state index contributed by atoms with van der Waals surface area (Å²) in [5, 5.41) is 5.28. The molecule has 2 N–H and O–H groups in total. The molecule has 2 aromatic carbocycles. The number of aryl methyl sites for hydroxylation is 6. The van der Waals surface area contributed by atoms with Crippen LogP contribution in [0.1, 0.15) is 81.8 Å². The maximum atomic E-state index is 12.3. The van der Waals surface area contributed by atoms with Crippen molar-refractivity contribution >= 4 is 36.9 Å². The largest absolute Gasteiger partial charge is 0.314 e. The Labute approximate surface area is 232 Å². The van der Waals surface area contributed by atoms with Gasteiger partial charge in [0, 0.05) is 31.9 Å². The van der Waals surface area contributed by atoms with Gasteiger partial charge in [-0.2, -0.15) is 5.10 Å². The highest BCUT2D eigenvalue weighted by Crippen LogP contribution is 2.22. The number of amides is 2. The number of hydrazine groups is 1. The van der Waals surface area contributed by atoms with E-state index in [2.05, 4.69) is 11.8 Å². The maximum absolute atomic E-state index is 12.3. The van der Waals surface area contributed by atoms with Crippen LogP contribution in [0.5, 0.6) is 0 Å². The average molecular weight is 539 g/mol. The Morgan fingerprint density at radius 2 is 0.974 bits per heavy atom. The summed E-state index contributed by atoms with van der Waals surface area (Å²) in [5.74, 6) is 2.99. The lowest BCUT2D eigenvalue weighted by atomic mass is 9.92. The summed E-state index contributed by atoms with van der Waals surface area (Å²) in [7, 11) is 2.81. The van der Waals surface area contributed by atoms with Gasteiger partial charge in [0.2, 0.25) is 0 Å². The van der Waals surface area contributed by atoms with Crippen LogP contribution in [0, 0.1) is 13.8 Å². The molecule has 212 valence electrons. The molecule has 9 nitrogen and oxygen atoms in total. The maximum Gasteiger partial charge on any atom is 0.314 e. The molecule has 0 saturated carbocycles. The molecule has 0 fully saturated rings. The number of rotatable bonds is 9. The van der Waals surface area contributed by atoms with Crippen LogP contribution >= 0.6 is 0 Å². The third kappa shape index (κ3) is 9.07. The average Bonchev–Trinajstić information content (AvgIpc) is 2.95. The van der Waals surface area contributed by atoms with E-state index < -0.39 is 23.4 Å². The summed E-state index contributed by atoms with van der Waals surface area (Å²) < 4.78 is 0. The highest BCUT2D eigenvalue weighted by molar-refractivity contribution is 6.43. The van der Waals surface area contributed by atoms with Crippen LogP contribution in [0.2, 0.25) is 0 Å². The summed E-state index contributed by atoms with van der Waals surface area (Å²) in [6.07, 6.45) is 2.87. The standard InChI is InChI=1S/C15H20N2O2.C14H20N2O2.CH2O/c1-6-11-8-10(3)9-12(7-2)13(11)14(18)15(19)17(5)16-4;1-5-10-7-9(3)8-11(6-2)12(10)13(17)14(18)16(4)15;1-2/h8-9H,4,6-7H2,1-3,5H3;7-8H,5-6,15H2,1-4H3;1H2. The number of hydrogen-bond donors (Lipinski definition) is 1. The number of carbonyl (C=O) groups excluding carboxylic acids is 5. The number of benzene rings is 2. The van der Waals surface area contributed by atoms with Gasteiger partial charge in [-0.25, -0.2) is 10.9 Å². The number of nitrogens with zero attached hydrogens (tertiary/aromatic N) is 3. The molecule has 0 radical (unpaired) electrons. The summed E-state index contributed by atoms with van der Waals surface area (Å²) in [6, 6.07) is 7.83. The minimum atomic E-state index is -0.678. The summed E-state index contributed by atoms with van der Waals surface area (Å²) in [6.45, 7) is 17.1. The number of Topliss-reactive ketones (excluding diaryl/α,β-unsaturated/α-hetero) is 2. The van der Waals surface area contributed by atoms with Gasteiger partial charge in [0.15, 0.2) is 0 Å². The van der Waals surface area contributed by atoms with Crippen molar-refractivity contribution in [2.24, 2.45) is 10.9 Å². The van der Waals surface area contributed by atoms with Gasteiger partial charge >= 0.3 is 11.8 Å². The van der Waals surface area contributed by atoms with E-state index >= 15 is 0 Å². The Morgan fingerprint density at radius 1 is 0.692 bits per heavy atom. The van der Waals surface area contributed by atoms with Gasteiger partial charge in [0.1, 0.15) is 6.79 Å². The van der Waals surface area contributed by atoms with E-state index in [0.29, 0.717) is 24.0 Å². The second-order valence-electron chi connectivity index (χ2n) is 8.88. The minimum Gasteiger partial charge on any atom is -0.307 e. The van der Waals surface area contributed by atoms with Crippen LogP contribution in [0.15, 0.2) is 29.4 Å². The molecule has 0 heterocycles. The zero-order chi connectivity index (χ0) is 30.4.